The molecule has 0 saturated carbocycles. The van der Waals surface area contributed by atoms with Crippen molar-refractivity contribution in [3.05, 3.63) is 59.2 Å². The monoisotopic (exact) mass is 378 g/mol. The predicted octanol–water partition coefficient (Wildman–Crippen LogP) is 3.78. The summed E-state index contributed by atoms with van der Waals surface area (Å²) < 4.78 is 40.8. The average Bonchev–Trinajstić information content (AvgIpc) is 3.09. The molecule has 0 fully saturated rings. The maximum Gasteiger partial charge on any atom is 0.272 e. The van der Waals surface area contributed by atoms with Crippen LogP contribution in [0, 0.1) is 5.82 Å². The van der Waals surface area contributed by atoms with E-state index in [4.69, 9.17) is 0 Å². The van der Waals surface area contributed by atoms with Crippen molar-refractivity contribution in [1.29, 1.82) is 0 Å². The molecule has 0 bridgehead atoms. The third-order valence-corrected chi connectivity index (χ3v) is 6.37. The summed E-state index contributed by atoms with van der Waals surface area (Å²) in [5.74, 6) is -0.0264. The van der Waals surface area contributed by atoms with Crippen molar-refractivity contribution in [2.75, 3.05) is 10.0 Å². The SMILES string of the molecule is CCc1ccc(S(=O)(=O)Nc2ccc(Nc3ccccc3F)nn2)s1. The van der Waals surface area contributed by atoms with Crippen molar-refractivity contribution in [1.82, 2.24) is 10.2 Å². The van der Waals surface area contributed by atoms with Crippen molar-refractivity contribution in [2.24, 2.45) is 0 Å². The first kappa shape index (κ1) is 17.3. The van der Waals surface area contributed by atoms with Crippen LogP contribution in [0.25, 0.3) is 0 Å². The van der Waals surface area contributed by atoms with Crippen molar-refractivity contribution in [3.63, 3.8) is 0 Å². The van der Waals surface area contributed by atoms with Crippen LogP contribution < -0.4 is 10.0 Å². The van der Waals surface area contributed by atoms with Crippen LogP contribution >= 0.6 is 11.3 Å². The first-order valence-electron chi connectivity index (χ1n) is 7.45. The van der Waals surface area contributed by atoms with Crippen LogP contribution in [-0.2, 0) is 16.4 Å². The fraction of sp³-hybridized carbons (Fsp3) is 0.125. The topological polar surface area (TPSA) is 84.0 Å². The number of nitrogens with zero attached hydrogens (tertiary/aromatic N) is 2. The molecule has 130 valence electrons. The lowest BCUT2D eigenvalue weighted by Crippen LogP contribution is -2.13. The Hall–Kier alpha value is -2.52. The second kappa shape index (κ2) is 7.16. The van der Waals surface area contributed by atoms with Gasteiger partial charge in [0.15, 0.2) is 11.6 Å². The molecule has 0 amide bonds. The summed E-state index contributed by atoms with van der Waals surface area (Å²) in [4.78, 5) is 0.982. The fourth-order valence-corrected chi connectivity index (χ4v) is 4.33. The molecule has 0 atom stereocenters. The van der Waals surface area contributed by atoms with Crippen LogP contribution in [0.1, 0.15) is 11.8 Å². The van der Waals surface area contributed by atoms with Crippen LogP contribution in [0.3, 0.4) is 0 Å². The van der Waals surface area contributed by atoms with Gasteiger partial charge in [0.2, 0.25) is 0 Å². The van der Waals surface area contributed by atoms with Crippen LogP contribution in [0.4, 0.5) is 21.7 Å². The Morgan fingerprint density at radius 2 is 1.76 bits per heavy atom. The Bertz CT molecular complexity index is 972. The molecule has 0 spiro atoms. The highest BCUT2D eigenvalue weighted by molar-refractivity contribution is 7.94. The third-order valence-electron chi connectivity index (χ3n) is 3.29. The van der Waals surface area contributed by atoms with Gasteiger partial charge in [-0.1, -0.05) is 19.1 Å². The highest BCUT2D eigenvalue weighted by Crippen LogP contribution is 2.24. The number of nitrogens with one attached hydrogen (secondary N) is 2. The number of anilines is 3. The van der Waals surface area contributed by atoms with Gasteiger partial charge in [-0.3, -0.25) is 4.72 Å². The minimum absolute atomic E-state index is 0.0885. The quantitative estimate of drug-likeness (QED) is 0.682. The smallest absolute Gasteiger partial charge is 0.272 e. The molecule has 0 radical (unpaired) electrons. The molecule has 0 saturated heterocycles. The summed E-state index contributed by atoms with van der Waals surface area (Å²) in [6.07, 6.45) is 0.774. The van der Waals surface area contributed by atoms with E-state index in [1.54, 1.807) is 30.3 Å². The van der Waals surface area contributed by atoms with Crippen LogP contribution in [0.15, 0.2) is 52.7 Å². The average molecular weight is 378 g/mol. The molecule has 0 aliphatic carbocycles. The second-order valence-electron chi connectivity index (χ2n) is 5.09. The Morgan fingerprint density at radius 3 is 2.40 bits per heavy atom. The van der Waals surface area contributed by atoms with E-state index in [0.29, 0.717) is 5.82 Å². The summed E-state index contributed by atoms with van der Waals surface area (Å²) in [7, 11) is -3.70. The molecule has 2 heterocycles. The fourth-order valence-electron chi connectivity index (χ4n) is 2.03. The molecule has 0 aliphatic rings. The molecule has 3 aromatic rings. The van der Waals surface area contributed by atoms with E-state index in [1.165, 1.54) is 29.5 Å². The van der Waals surface area contributed by atoms with E-state index in [0.717, 1.165) is 11.3 Å². The van der Waals surface area contributed by atoms with Gasteiger partial charge < -0.3 is 5.32 Å². The summed E-state index contributed by atoms with van der Waals surface area (Å²) in [6.45, 7) is 1.96. The molecule has 2 N–H and O–H groups in total. The highest BCUT2D eigenvalue weighted by Gasteiger charge is 2.17. The molecular formula is C16H15FN4O2S2. The number of halogens is 1. The van der Waals surface area contributed by atoms with Crippen molar-refractivity contribution < 1.29 is 12.8 Å². The van der Waals surface area contributed by atoms with Crippen LogP contribution in [0.2, 0.25) is 0 Å². The lowest BCUT2D eigenvalue weighted by atomic mass is 10.3. The van der Waals surface area contributed by atoms with Gasteiger partial charge in [0.25, 0.3) is 10.0 Å². The zero-order valence-corrected chi connectivity index (χ0v) is 14.9. The van der Waals surface area contributed by atoms with Gasteiger partial charge in [0, 0.05) is 4.88 Å². The normalized spacial score (nSPS) is 11.3. The van der Waals surface area contributed by atoms with E-state index in [1.807, 2.05) is 6.92 Å². The molecule has 6 nitrogen and oxygen atoms in total. The van der Waals surface area contributed by atoms with E-state index in [9.17, 15) is 12.8 Å². The summed E-state index contributed by atoms with van der Waals surface area (Å²) >= 11 is 1.21. The number of para-hydroxylation sites is 1. The van der Waals surface area contributed by atoms with E-state index >= 15 is 0 Å². The lowest BCUT2D eigenvalue weighted by Gasteiger charge is -2.07. The molecular weight excluding hydrogens is 363 g/mol. The third kappa shape index (κ3) is 4.12. The van der Waals surface area contributed by atoms with Crippen LogP contribution in [0.5, 0.6) is 0 Å². The van der Waals surface area contributed by atoms with Gasteiger partial charge >= 0.3 is 0 Å². The first-order valence-corrected chi connectivity index (χ1v) is 9.75. The maximum absolute atomic E-state index is 13.6. The van der Waals surface area contributed by atoms with E-state index in [-0.39, 0.29) is 15.7 Å². The molecule has 0 unspecified atom stereocenters. The van der Waals surface area contributed by atoms with Crippen molar-refractivity contribution >= 4 is 38.7 Å². The number of benzene rings is 1. The van der Waals surface area contributed by atoms with E-state index < -0.39 is 15.8 Å². The lowest BCUT2D eigenvalue weighted by molar-refractivity contribution is 0.603. The van der Waals surface area contributed by atoms with Gasteiger partial charge in [-0.25, -0.2) is 12.8 Å². The number of hydrogen-bond donors (Lipinski definition) is 2. The molecule has 25 heavy (non-hydrogen) atoms. The Morgan fingerprint density at radius 1 is 1.04 bits per heavy atom. The Labute approximate surface area is 148 Å². The summed E-state index contributed by atoms with van der Waals surface area (Å²) in [6, 6.07) is 12.5. The van der Waals surface area contributed by atoms with Crippen molar-refractivity contribution in [2.45, 2.75) is 17.6 Å². The molecule has 9 heteroatoms. The van der Waals surface area contributed by atoms with Gasteiger partial charge in [0.05, 0.1) is 5.69 Å². The van der Waals surface area contributed by atoms with Gasteiger partial charge in [-0.15, -0.1) is 21.5 Å². The first-order chi connectivity index (χ1) is 12.0. The molecule has 0 aliphatic heterocycles. The Balaban J connectivity index is 1.73. The highest BCUT2D eigenvalue weighted by atomic mass is 32.2. The zero-order chi connectivity index (χ0) is 17.9. The number of rotatable bonds is 6. The second-order valence-corrected chi connectivity index (χ2v) is 8.17. The van der Waals surface area contributed by atoms with Gasteiger partial charge in [-0.05, 0) is 42.8 Å². The van der Waals surface area contributed by atoms with E-state index in [2.05, 4.69) is 20.2 Å². The number of thiophene rings is 1. The van der Waals surface area contributed by atoms with Crippen molar-refractivity contribution in [3.8, 4) is 0 Å². The Kier molecular flexibility index (Phi) is 4.95. The summed E-state index contributed by atoms with van der Waals surface area (Å²) in [5, 5.41) is 10.5. The van der Waals surface area contributed by atoms with Gasteiger partial charge in [-0.2, -0.15) is 0 Å². The zero-order valence-electron chi connectivity index (χ0n) is 13.2. The molecule has 1 aromatic carbocycles. The number of aryl methyl sites for hydroxylation is 1. The summed E-state index contributed by atoms with van der Waals surface area (Å²) in [5.41, 5.74) is 0.260. The predicted molar refractivity (Wildman–Crippen MR) is 96.2 cm³/mol. The largest absolute Gasteiger partial charge is 0.336 e. The number of aromatic nitrogens is 2. The minimum Gasteiger partial charge on any atom is -0.336 e. The van der Waals surface area contributed by atoms with Crippen LogP contribution in [-0.4, -0.2) is 18.6 Å². The standard InChI is InChI=1S/C16H15FN4O2S2/c1-2-11-7-10-16(24-11)25(22,23)21-15-9-8-14(19-20-15)18-13-6-4-3-5-12(13)17/h3-10H,2H2,1H3,(H,18,19)(H,20,21). The number of sulfonamides is 1. The van der Waals surface area contributed by atoms with Gasteiger partial charge in [0.1, 0.15) is 10.0 Å². The molecule has 3 rings (SSSR count). The maximum atomic E-state index is 13.6. The number of hydrogen-bond acceptors (Lipinski definition) is 6. The molecule has 2 aromatic heterocycles. The minimum atomic E-state index is -3.70.